The first-order valence-corrected chi connectivity index (χ1v) is 4.31. The molecule has 1 aromatic heterocycles. The van der Waals surface area contributed by atoms with Crippen molar-refractivity contribution in [3.8, 4) is 0 Å². The quantitative estimate of drug-likeness (QED) is 0.727. The van der Waals surface area contributed by atoms with Gasteiger partial charge in [0.2, 0.25) is 5.95 Å². The van der Waals surface area contributed by atoms with Crippen molar-refractivity contribution < 1.29 is 5.11 Å². The average molecular weight is 181 g/mol. The number of aliphatic hydroxyl groups excluding tert-OH is 1. The van der Waals surface area contributed by atoms with Crippen LogP contribution < -0.4 is 5.32 Å². The van der Waals surface area contributed by atoms with Gasteiger partial charge in [-0.1, -0.05) is 0 Å². The van der Waals surface area contributed by atoms with Gasteiger partial charge in [0.15, 0.2) is 0 Å². The van der Waals surface area contributed by atoms with E-state index in [0.717, 1.165) is 11.4 Å². The molecule has 1 atom stereocenters. The van der Waals surface area contributed by atoms with Crippen LogP contribution in [0.1, 0.15) is 18.3 Å². The first-order valence-electron chi connectivity index (χ1n) is 4.31. The lowest BCUT2D eigenvalue weighted by molar-refractivity contribution is 0.281. The van der Waals surface area contributed by atoms with Crippen molar-refractivity contribution in [3.05, 3.63) is 17.5 Å². The lowest BCUT2D eigenvalue weighted by atomic mass is 10.3. The fourth-order valence-electron chi connectivity index (χ4n) is 1.06. The number of aromatic nitrogens is 2. The maximum Gasteiger partial charge on any atom is 0.223 e. The molecular weight excluding hydrogens is 166 g/mol. The van der Waals surface area contributed by atoms with E-state index in [-0.39, 0.29) is 12.6 Å². The first-order chi connectivity index (χ1) is 6.11. The Morgan fingerprint density at radius 1 is 1.38 bits per heavy atom. The van der Waals surface area contributed by atoms with Gasteiger partial charge in [-0.25, -0.2) is 9.97 Å². The van der Waals surface area contributed by atoms with E-state index in [1.807, 2.05) is 26.8 Å². The molecule has 0 radical (unpaired) electrons. The van der Waals surface area contributed by atoms with Gasteiger partial charge in [0.25, 0.3) is 0 Å². The SMILES string of the molecule is Cc1cc(C)nc(NC(C)CO)n1. The number of aryl methyl sites for hydroxylation is 2. The van der Waals surface area contributed by atoms with Crippen LogP contribution in [0.15, 0.2) is 6.07 Å². The fraction of sp³-hybridized carbons (Fsp3) is 0.556. The molecule has 4 nitrogen and oxygen atoms in total. The van der Waals surface area contributed by atoms with Crippen LogP contribution in [0, 0.1) is 13.8 Å². The number of nitrogens with zero attached hydrogens (tertiary/aromatic N) is 2. The molecule has 0 aliphatic heterocycles. The molecule has 13 heavy (non-hydrogen) atoms. The molecule has 1 rings (SSSR count). The third kappa shape index (κ3) is 2.99. The molecule has 0 aromatic carbocycles. The van der Waals surface area contributed by atoms with E-state index in [9.17, 15) is 0 Å². The van der Waals surface area contributed by atoms with Crippen molar-refractivity contribution >= 4 is 5.95 Å². The molecule has 2 N–H and O–H groups in total. The number of nitrogens with one attached hydrogen (secondary N) is 1. The van der Waals surface area contributed by atoms with Crippen LogP contribution in [0.2, 0.25) is 0 Å². The van der Waals surface area contributed by atoms with Crippen molar-refractivity contribution in [2.24, 2.45) is 0 Å². The summed E-state index contributed by atoms with van der Waals surface area (Å²) in [7, 11) is 0. The maximum atomic E-state index is 8.82. The second kappa shape index (κ2) is 4.18. The second-order valence-corrected chi connectivity index (χ2v) is 3.20. The van der Waals surface area contributed by atoms with E-state index in [0.29, 0.717) is 5.95 Å². The van der Waals surface area contributed by atoms with Gasteiger partial charge >= 0.3 is 0 Å². The summed E-state index contributed by atoms with van der Waals surface area (Å²) in [6.07, 6.45) is 0. The normalized spacial score (nSPS) is 12.6. The van der Waals surface area contributed by atoms with E-state index in [2.05, 4.69) is 15.3 Å². The van der Waals surface area contributed by atoms with Gasteiger partial charge in [-0.2, -0.15) is 0 Å². The highest BCUT2D eigenvalue weighted by Gasteiger charge is 2.02. The van der Waals surface area contributed by atoms with Gasteiger partial charge in [-0.05, 0) is 26.8 Å². The van der Waals surface area contributed by atoms with Crippen molar-refractivity contribution in [2.45, 2.75) is 26.8 Å². The highest BCUT2D eigenvalue weighted by Crippen LogP contribution is 2.04. The Morgan fingerprint density at radius 3 is 2.38 bits per heavy atom. The lowest BCUT2D eigenvalue weighted by Crippen LogP contribution is -2.21. The predicted octanol–water partition coefficient (Wildman–Crippen LogP) is 0.886. The zero-order valence-corrected chi connectivity index (χ0v) is 8.20. The predicted molar refractivity (Wildman–Crippen MR) is 51.7 cm³/mol. The topological polar surface area (TPSA) is 58.0 Å². The van der Waals surface area contributed by atoms with Gasteiger partial charge in [0, 0.05) is 17.4 Å². The third-order valence-corrected chi connectivity index (χ3v) is 1.63. The van der Waals surface area contributed by atoms with Crippen LogP contribution in [-0.2, 0) is 0 Å². The van der Waals surface area contributed by atoms with Gasteiger partial charge in [0.1, 0.15) is 0 Å². The molecule has 72 valence electrons. The molecule has 0 bridgehead atoms. The first kappa shape index (κ1) is 9.92. The molecule has 4 heteroatoms. The lowest BCUT2D eigenvalue weighted by Gasteiger charge is -2.11. The summed E-state index contributed by atoms with van der Waals surface area (Å²) in [5.41, 5.74) is 1.86. The minimum atomic E-state index is -0.0128. The summed E-state index contributed by atoms with van der Waals surface area (Å²) < 4.78 is 0. The smallest absolute Gasteiger partial charge is 0.223 e. The molecule has 1 aromatic rings. The number of hydrogen-bond donors (Lipinski definition) is 2. The van der Waals surface area contributed by atoms with Gasteiger partial charge < -0.3 is 10.4 Å². The molecule has 0 saturated heterocycles. The maximum absolute atomic E-state index is 8.82. The number of hydrogen-bond acceptors (Lipinski definition) is 4. The van der Waals surface area contributed by atoms with Crippen molar-refractivity contribution in [1.29, 1.82) is 0 Å². The monoisotopic (exact) mass is 181 g/mol. The highest BCUT2D eigenvalue weighted by molar-refractivity contribution is 5.28. The van der Waals surface area contributed by atoms with E-state index >= 15 is 0 Å². The molecule has 0 saturated carbocycles. The number of aliphatic hydroxyl groups is 1. The zero-order chi connectivity index (χ0) is 9.84. The van der Waals surface area contributed by atoms with E-state index < -0.39 is 0 Å². The Kier molecular flexibility index (Phi) is 3.19. The van der Waals surface area contributed by atoms with Crippen LogP contribution in [0.5, 0.6) is 0 Å². The molecule has 0 aliphatic rings. The molecular formula is C9H15N3O. The summed E-state index contributed by atoms with van der Waals surface area (Å²) in [6, 6.07) is 1.90. The largest absolute Gasteiger partial charge is 0.394 e. The summed E-state index contributed by atoms with van der Waals surface area (Å²) in [5, 5.41) is 11.8. The molecule has 1 heterocycles. The van der Waals surface area contributed by atoms with E-state index in [1.54, 1.807) is 0 Å². The Bertz CT molecular complexity index is 268. The van der Waals surface area contributed by atoms with Gasteiger partial charge in [-0.15, -0.1) is 0 Å². The molecule has 0 fully saturated rings. The van der Waals surface area contributed by atoms with E-state index in [4.69, 9.17) is 5.11 Å². The standard InChI is InChI=1S/C9H15N3O/c1-6-4-7(2)11-9(10-6)12-8(3)5-13/h4,8,13H,5H2,1-3H3,(H,10,11,12). The fourth-order valence-corrected chi connectivity index (χ4v) is 1.06. The summed E-state index contributed by atoms with van der Waals surface area (Å²) in [4.78, 5) is 8.38. The molecule has 0 spiro atoms. The Hall–Kier alpha value is -1.16. The van der Waals surface area contributed by atoms with Gasteiger partial charge in [0.05, 0.1) is 6.61 Å². The Morgan fingerprint density at radius 2 is 1.92 bits per heavy atom. The van der Waals surface area contributed by atoms with Crippen molar-refractivity contribution in [2.75, 3.05) is 11.9 Å². The zero-order valence-electron chi connectivity index (χ0n) is 8.20. The van der Waals surface area contributed by atoms with Crippen LogP contribution >= 0.6 is 0 Å². The molecule has 1 unspecified atom stereocenters. The summed E-state index contributed by atoms with van der Waals surface area (Å²) in [5.74, 6) is 0.582. The van der Waals surface area contributed by atoms with Crippen LogP contribution in [-0.4, -0.2) is 27.7 Å². The third-order valence-electron chi connectivity index (χ3n) is 1.63. The molecule has 0 amide bonds. The van der Waals surface area contributed by atoms with Gasteiger partial charge in [-0.3, -0.25) is 0 Å². The van der Waals surface area contributed by atoms with Crippen molar-refractivity contribution in [1.82, 2.24) is 9.97 Å². The van der Waals surface area contributed by atoms with Crippen molar-refractivity contribution in [3.63, 3.8) is 0 Å². The second-order valence-electron chi connectivity index (χ2n) is 3.20. The summed E-state index contributed by atoms with van der Waals surface area (Å²) in [6.45, 7) is 5.80. The van der Waals surface area contributed by atoms with Crippen LogP contribution in [0.3, 0.4) is 0 Å². The minimum absolute atomic E-state index is 0.0128. The average Bonchev–Trinajstić information content (AvgIpc) is 2.02. The number of rotatable bonds is 3. The minimum Gasteiger partial charge on any atom is -0.394 e. The van der Waals surface area contributed by atoms with Crippen LogP contribution in [0.25, 0.3) is 0 Å². The Balaban J connectivity index is 2.77. The van der Waals surface area contributed by atoms with E-state index in [1.165, 1.54) is 0 Å². The Labute approximate surface area is 78.0 Å². The molecule has 0 aliphatic carbocycles. The number of anilines is 1. The van der Waals surface area contributed by atoms with Crippen LogP contribution in [0.4, 0.5) is 5.95 Å². The highest BCUT2D eigenvalue weighted by atomic mass is 16.3. The summed E-state index contributed by atoms with van der Waals surface area (Å²) >= 11 is 0.